The van der Waals surface area contributed by atoms with Crippen molar-refractivity contribution in [3.8, 4) is 5.75 Å². The van der Waals surface area contributed by atoms with Gasteiger partial charge in [-0.1, -0.05) is 0 Å². The molecule has 0 aliphatic rings. The number of anilines is 1. The number of nitrogens with two attached hydrogens (primary N) is 1. The Kier molecular flexibility index (Phi) is 4.37. The second-order valence-electron chi connectivity index (χ2n) is 4.41. The molecule has 2 aromatic carbocycles. The lowest BCUT2D eigenvalue weighted by Crippen LogP contribution is -2.12. The lowest BCUT2D eigenvalue weighted by Gasteiger charge is -2.12. The van der Waals surface area contributed by atoms with Crippen molar-refractivity contribution in [3.05, 3.63) is 59.2 Å². The van der Waals surface area contributed by atoms with Crippen LogP contribution in [-0.4, -0.2) is 13.0 Å². The Bertz CT molecular complexity index is 654. The summed E-state index contributed by atoms with van der Waals surface area (Å²) >= 11 is 0. The standard InChI is InChI=1S/C15H14F2N2O2/c1-21-14-3-2-10(15(18)20)6-13(14)19-8-9-4-11(16)7-12(17)5-9/h2-7,19H,8H2,1H3,(H2,18,20). The second-order valence-corrected chi connectivity index (χ2v) is 4.41. The molecule has 0 fully saturated rings. The summed E-state index contributed by atoms with van der Waals surface area (Å²) < 4.78 is 31.4. The van der Waals surface area contributed by atoms with Crippen molar-refractivity contribution in [1.29, 1.82) is 0 Å². The van der Waals surface area contributed by atoms with Crippen LogP contribution in [-0.2, 0) is 6.54 Å². The highest BCUT2D eigenvalue weighted by molar-refractivity contribution is 5.94. The highest BCUT2D eigenvalue weighted by Crippen LogP contribution is 2.26. The maximum atomic E-state index is 13.1. The second kappa shape index (κ2) is 6.21. The Morgan fingerprint density at radius 3 is 2.43 bits per heavy atom. The van der Waals surface area contributed by atoms with Crippen LogP contribution in [0.25, 0.3) is 0 Å². The first-order valence-electron chi connectivity index (χ1n) is 6.16. The predicted molar refractivity (Wildman–Crippen MR) is 75.2 cm³/mol. The number of carbonyl (C=O) groups is 1. The van der Waals surface area contributed by atoms with E-state index in [1.54, 1.807) is 6.07 Å². The molecule has 3 N–H and O–H groups in total. The number of hydrogen-bond acceptors (Lipinski definition) is 3. The number of primary amides is 1. The molecule has 0 unspecified atom stereocenters. The third-order valence-corrected chi connectivity index (χ3v) is 2.89. The molecule has 2 rings (SSSR count). The van der Waals surface area contributed by atoms with E-state index in [9.17, 15) is 13.6 Å². The maximum absolute atomic E-state index is 13.1. The number of rotatable bonds is 5. The van der Waals surface area contributed by atoms with E-state index in [1.807, 2.05) is 0 Å². The Hall–Kier alpha value is -2.63. The number of halogens is 2. The third kappa shape index (κ3) is 3.68. The van der Waals surface area contributed by atoms with Crippen molar-refractivity contribution in [2.75, 3.05) is 12.4 Å². The fraction of sp³-hybridized carbons (Fsp3) is 0.133. The summed E-state index contributed by atoms with van der Waals surface area (Å²) in [4.78, 5) is 11.2. The monoisotopic (exact) mass is 292 g/mol. The van der Waals surface area contributed by atoms with Crippen molar-refractivity contribution in [2.24, 2.45) is 5.73 Å². The molecule has 1 amide bonds. The van der Waals surface area contributed by atoms with Crippen LogP contribution in [0.15, 0.2) is 36.4 Å². The molecule has 0 radical (unpaired) electrons. The number of amides is 1. The first-order valence-corrected chi connectivity index (χ1v) is 6.16. The highest BCUT2D eigenvalue weighted by Gasteiger charge is 2.08. The van der Waals surface area contributed by atoms with Crippen LogP contribution < -0.4 is 15.8 Å². The molecule has 6 heteroatoms. The van der Waals surface area contributed by atoms with Gasteiger partial charge in [0.2, 0.25) is 5.91 Å². The molecule has 21 heavy (non-hydrogen) atoms. The Morgan fingerprint density at radius 2 is 1.86 bits per heavy atom. The summed E-state index contributed by atoms with van der Waals surface area (Å²) in [5, 5.41) is 2.96. The summed E-state index contributed by atoms with van der Waals surface area (Å²) in [6.45, 7) is 0.174. The number of carbonyl (C=O) groups excluding carboxylic acids is 1. The van der Waals surface area contributed by atoms with E-state index in [2.05, 4.69) is 5.32 Å². The largest absolute Gasteiger partial charge is 0.495 e. The van der Waals surface area contributed by atoms with Gasteiger partial charge in [0.25, 0.3) is 0 Å². The number of hydrogen-bond donors (Lipinski definition) is 2. The Balaban J connectivity index is 2.21. The molecular weight excluding hydrogens is 278 g/mol. The molecule has 0 spiro atoms. The van der Waals surface area contributed by atoms with Crippen LogP contribution in [0.4, 0.5) is 14.5 Å². The number of benzene rings is 2. The van der Waals surface area contributed by atoms with Crippen molar-refractivity contribution < 1.29 is 18.3 Å². The molecule has 0 atom stereocenters. The van der Waals surface area contributed by atoms with Crippen LogP contribution in [0.2, 0.25) is 0 Å². The maximum Gasteiger partial charge on any atom is 0.248 e. The number of methoxy groups -OCH3 is 1. The zero-order valence-electron chi connectivity index (χ0n) is 11.3. The molecular formula is C15H14F2N2O2. The van der Waals surface area contributed by atoms with E-state index >= 15 is 0 Å². The minimum absolute atomic E-state index is 0.174. The van der Waals surface area contributed by atoms with Crippen molar-refractivity contribution in [1.82, 2.24) is 0 Å². The van der Waals surface area contributed by atoms with Gasteiger partial charge in [0, 0.05) is 18.2 Å². The van der Waals surface area contributed by atoms with Gasteiger partial charge in [0.1, 0.15) is 17.4 Å². The molecule has 110 valence electrons. The normalized spacial score (nSPS) is 10.2. The number of ether oxygens (including phenoxy) is 1. The quantitative estimate of drug-likeness (QED) is 0.890. The summed E-state index contributed by atoms with van der Waals surface area (Å²) in [6.07, 6.45) is 0. The smallest absolute Gasteiger partial charge is 0.248 e. The molecule has 2 aromatic rings. The first kappa shape index (κ1) is 14.8. The van der Waals surface area contributed by atoms with Gasteiger partial charge in [-0.15, -0.1) is 0 Å². The summed E-state index contributed by atoms with van der Waals surface area (Å²) in [6, 6.07) is 7.90. The minimum Gasteiger partial charge on any atom is -0.495 e. The van der Waals surface area contributed by atoms with E-state index in [4.69, 9.17) is 10.5 Å². The Morgan fingerprint density at radius 1 is 1.19 bits per heavy atom. The molecule has 0 saturated heterocycles. The average Bonchev–Trinajstić information content (AvgIpc) is 2.43. The van der Waals surface area contributed by atoms with Crippen molar-refractivity contribution in [3.63, 3.8) is 0 Å². The molecule has 0 aliphatic heterocycles. The van der Waals surface area contributed by atoms with Gasteiger partial charge < -0.3 is 15.8 Å². The van der Waals surface area contributed by atoms with E-state index in [1.165, 1.54) is 31.4 Å². The highest BCUT2D eigenvalue weighted by atomic mass is 19.1. The van der Waals surface area contributed by atoms with Gasteiger partial charge in [-0.05, 0) is 35.9 Å². The van der Waals surface area contributed by atoms with Crippen LogP contribution in [0.3, 0.4) is 0 Å². The van der Waals surface area contributed by atoms with Crippen LogP contribution in [0, 0.1) is 11.6 Å². The van der Waals surface area contributed by atoms with Gasteiger partial charge in [-0.25, -0.2) is 8.78 Å². The summed E-state index contributed by atoms with van der Waals surface area (Å²) in [5.74, 6) is -1.37. The van der Waals surface area contributed by atoms with Crippen LogP contribution in [0.1, 0.15) is 15.9 Å². The topological polar surface area (TPSA) is 64.3 Å². The Labute approximate surface area is 120 Å². The molecule has 0 bridgehead atoms. The molecule has 0 aliphatic carbocycles. The zero-order chi connectivity index (χ0) is 15.4. The zero-order valence-corrected chi connectivity index (χ0v) is 11.3. The minimum atomic E-state index is -0.648. The predicted octanol–water partition coefficient (Wildman–Crippen LogP) is 2.68. The van der Waals surface area contributed by atoms with Gasteiger partial charge >= 0.3 is 0 Å². The lowest BCUT2D eigenvalue weighted by atomic mass is 10.1. The van der Waals surface area contributed by atoms with Crippen LogP contribution in [0.5, 0.6) is 5.75 Å². The fourth-order valence-electron chi connectivity index (χ4n) is 1.91. The van der Waals surface area contributed by atoms with Gasteiger partial charge in [0.05, 0.1) is 12.8 Å². The van der Waals surface area contributed by atoms with Gasteiger partial charge in [0.15, 0.2) is 0 Å². The number of nitrogens with one attached hydrogen (secondary N) is 1. The average molecular weight is 292 g/mol. The summed E-state index contributed by atoms with van der Waals surface area (Å²) in [7, 11) is 1.48. The van der Waals surface area contributed by atoms with E-state index in [-0.39, 0.29) is 6.54 Å². The van der Waals surface area contributed by atoms with Crippen LogP contribution >= 0.6 is 0 Å². The van der Waals surface area contributed by atoms with Crippen molar-refractivity contribution in [2.45, 2.75) is 6.54 Å². The lowest BCUT2D eigenvalue weighted by molar-refractivity contribution is 0.100. The molecule has 0 aromatic heterocycles. The SMILES string of the molecule is COc1ccc(C(N)=O)cc1NCc1cc(F)cc(F)c1. The molecule has 4 nitrogen and oxygen atoms in total. The summed E-state index contributed by atoms with van der Waals surface area (Å²) in [5.41, 5.74) is 6.47. The van der Waals surface area contributed by atoms with Crippen molar-refractivity contribution >= 4 is 11.6 Å². The van der Waals surface area contributed by atoms with Gasteiger partial charge in [-0.3, -0.25) is 4.79 Å². The molecule has 0 saturated carbocycles. The first-order chi connectivity index (χ1) is 9.99. The molecule has 0 heterocycles. The third-order valence-electron chi connectivity index (χ3n) is 2.89. The fourth-order valence-corrected chi connectivity index (χ4v) is 1.91. The van der Waals surface area contributed by atoms with E-state index < -0.39 is 17.5 Å². The van der Waals surface area contributed by atoms with Gasteiger partial charge in [-0.2, -0.15) is 0 Å². The van der Waals surface area contributed by atoms with E-state index in [0.29, 0.717) is 22.6 Å². The van der Waals surface area contributed by atoms with E-state index in [0.717, 1.165) is 6.07 Å².